The number of non-ortho nitro benzene ring substituents is 1. The number of nitrogens with one attached hydrogen (secondary N) is 1. The van der Waals surface area contributed by atoms with Gasteiger partial charge < -0.3 is 14.8 Å². The average molecular weight is 321 g/mol. The summed E-state index contributed by atoms with van der Waals surface area (Å²) in [5.74, 6) is 0.939. The van der Waals surface area contributed by atoms with E-state index in [0.29, 0.717) is 11.5 Å². The molecular weight excluding hydrogens is 306 g/mol. The number of hydrogen-bond acceptors (Lipinski definition) is 7. The Balaban J connectivity index is 2.23. The average Bonchev–Trinajstić information content (AvgIpc) is 2.92. The van der Waals surface area contributed by atoms with Crippen LogP contribution in [0, 0.1) is 27.2 Å². The Bertz CT molecular complexity index is 753. The van der Waals surface area contributed by atoms with Crippen LogP contribution in [-0.2, 0) is 5.60 Å². The highest BCUT2D eigenvalue weighted by molar-refractivity contribution is 5.65. The summed E-state index contributed by atoms with van der Waals surface area (Å²) in [4.78, 5) is 20.3. The van der Waals surface area contributed by atoms with Gasteiger partial charge in [0.05, 0.1) is 22.5 Å². The lowest BCUT2D eigenvalue weighted by atomic mass is 10.0. The minimum Gasteiger partial charge on any atom is -0.463 e. The lowest BCUT2D eigenvalue weighted by Crippen LogP contribution is -2.30. The van der Waals surface area contributed by atoms with Crippen LogP contribution in [0.2, 0.25) is 0 Å². The van der Waals surface area contributed by atoms with Crippen molar-refractivity contribution in [1.29, 1.82) is 0 Å². The maximum atomic E-state index is 11.1. The van der Waals surface area contributed by atoms with Crippen LogP contribution in [0.1, 0.15) is 18.4 Å². The van der Waals surface area contributed by atoms with Crippen LogP contribution >= 0.6 is 0 Å². The standard InChI is InChI=1S/C14H15N3O6/c1-9-3-6-13(23-9)14(2,18)8-15-11-5-4-10(16(19)20)7-12(11)17(21)22/h3-7,15,18H,8H2,1-2H3. The molecule has 1 heterocycles. The zero-order chi connectivity index (χ0) is 17.2. The third-order valence-electron chi connectivity index (χ3n) is 3.28. The zero-order valence-electron chi connectivity index (χ0n) is 12.5. The highest BCUT2D eigenvalue weighted by atomic mass is 16.6. The van der Waals surface area contributed by atoms with Crippen molar-refractivity contribution < 1.29 is 19.4 Å². The van der Waals surface area contributed by atoms with Crippen LogP contribution in [0.5, 0.6) is 0 Å². The molecule has 0 saturated heterocycles. The Morgan fingerprint density at radius 3 is 2.43 bits per heavy atom. The number of aryl methyl sites for hydroxylation is 1. The number of anilines is 1. The van der Waals surface area contributed by atoms with E-state index in [1.807, 2.05) is 0 Å². The molecule has 0 saturated carbocycles. The summed E-state index contributed by atoms with van der Waals surface area (Å²) in [6, 6.07) is 6.56. The second kappa shape index (κ2) is 6.05. The molecule has 1 aromatic carbocycles. The summed E-state index contributed by atoms with van der Waals surface area (Å²) in [6.07, 6.45) is 0. The summed E-state index contributed by atoms with van der Waals surface area (Å²) < 4.78 is 5.35. The van der Waals surface area contributed by atoms with E-state index in [-0.39, 0.29) is 17.9 Å². The van der Waals surface area contributed by atoms with Crippen LogP contribution in [0.25, 0.3) is 0 Å². The first-order chi connectivity index (χ1) is 10.7. The summed E-state index contributed by atoms with van der Waals surface area (Å²) in [5.41, 5.74) is -2.14. The largest absolute Gasteiger partial charge is 0.463 e. The number of furan rings is 1. The van der Waals surface area contributed by atoms with Gasteiger partial charge in [-0.25, -0.2) is 0 Å². The normalized spacial score (nSPS) is 13.3. The van der Waals surface area contributed by atoms with Gasteiger partial charge in [-0.3, -0.25) is 20.2 Å². The second-order valence-corrected chi connectivity index (χ2v) is 5.25. The van der Waals surface area contributed by atoms with E-state index in [9.17, 15) is 25.3 Å². The highest BCUT2D eigenvalue weighted by Gasteiger charge is 2.28. The predicted molar refractivity (Wildman–Crippen MR) is 81.3 cm³/mol. The van der Waals surface area contributed by atoms with Crippen LogP contribution in [0.4, 0.5) is 17.1 Å². The van der Waals surface area contributed by atoms with Crippen molar-refractivity contribution >= 4 is 17.1 Å². The van der Waals surface area contributed by atoms with E-state index in [2.05, 4.69) is 5.32 Å². The number of nitrogens with zero attached hydrogens (tertiary/aromatic N) is 2. The molecule has 1 unspecified atom stereocenters. The van der Waals surface area contributed by atoms with Gasteiger partial charge in [-0.1, -0.05) is 0 Å². The van der Waals surface area contributed by atoms with Crippen molar-refractivity contribution in [2.75, 3.05) is 11.9 Å². The summed E-state index contributed by atoms with van der Waals surface area (Å²) in [7, 11) is 0. The fourth-order valence-corrected chi connectivity index (χ4v) is 2.01. The van der Waals surface area contributed by atoms with Gasteiger partial charge >= 0.3 is 0 Å². The van der Waals surface area contributed by atoms with E-state index in [1.54, 1.807) is 19.1 Å². The highest BCUT2D eigenvalue weighted by Crippen LogP contribution is 2.30. The number of hydrogen-bond donors (Lipinski definition) is 2. The molecule has 122 valence electrons. The van der Waals surface area contributed by atoms with Gasteiger partial charge in [-0.05, 0) is 32.0 Å². The number of nitro groups is 2. The molecule has 0 aliphatic rings. The second-order valence-electron chi connectivity index (χ2n) is 5.25. The third kappa shape index (κ3) is 3.64. The van der Waals surface area contributed by atoms with Crippen molar-refractivity contribution in [3.63, 3.8) is 0 Å². The molecular formula is C14H15N3O6. The predicted octanol–water partition coefficient (Wildman–Crippen LogP) is 2.72. The summed E-state index contributed by atoms with van der Waals surface area (Å²) in [5, 5.41) is 34.9. The summed E-state index contributed by atoms with van der Waals surface area (Å²) in [6.45, 7) is 3.16. The van der Waals surface area contributed by atoms with Gasteiger partial charge in [0, 0.05) is 6.07 Å². The molecule has 0 bridgehead atoms. The fraction of sp³-hybridized carbons (Fsp3) is 0.286. The molecule has 0 spiro atoms. The Morgan fingerprint density at radius 2 is 1.91 bits per heavy atom. The minimum absolute atomic E-state index is 0.0708. The minimum atomic E-state index is -1.40. The maximum Gasteiger partial charge on any atom is 0.299 e. The fourth-order valence-electron chi connectivity index (χ4n) is 2.01. The van der Waals surface area contributed by atoms with Gasteiger partial charge in [0.2, 0.25) is 0 Å². The third-order valence-corrected chi connectivity index (χ3v) is 3.28. The smallest absolute Gasteiger partial charge is 0.299 e. The Labute approximate surface area is 130 Å². The van der Waals surface area contributed by atoms with E-state index < -0.39 is 21.1 Å². The van der Waals surface area contributed by atoms with Gasteiger partial charge in [0.25, 0.3) is 11.4 Å². The molecule has 1 aromatic heterocycles. The number of benzene rings is 1. The van der Waals surface area contributed by atoms with Crippen molar-refractivity contribution in [2.24, 2.45) is 0 Å². The van der Waals surface area contributed by atoms with E-state index >= 15 is 0 Å². The molecule has 9 heteroatoms. The first-order valence-corrected chi connectivity index (χ1v) is 6.67. The number of aliphatic hydroxyl groups is 1. The molecule has 9 nitrogen and oxygen atoms in total. The van der Waals surface area contributed by atoms with Crippen molar-refractivity contribution in [3.8, 4) is 0 Å². The van der Waals surface area contributed by atoms with Crippen molar-refractivity contribution in [3.05, 3.63) is 62.1 Å². The molecule has 0 aliphatic heterocycles. The zero-order valence-corrected chi connectivity index (χ0v) is 12.5. The van der Waals surface area contributed by atoms with E-state index in [1.165, 1.54) is 13.0 Å². The Hall–Kier alpha value is -2.94. The van der Waals surface area contributed by atoms with Gasteiger partial charge in [0.15, 0.2) is 0 Å². The Kier molecular flexibility index (Phi) is 4.32. The molecule has 0 radical (unpaired) electrons. The molecule has 2 rings (SSSR count). The molecule has 0 aliphatic carbocycles. The molecule has 23 heavy (non-hydrogen) atoms. The van der Waals surface area contributed by atoms with Gasteiger partial charge in [0.1, 0.15) is 22.8 Å². The maximum absolute atomic E-state index is 11.1. The van der Waals surface area contributed by atoms with E-state index in [0.717, 1.165) is 12.1 Å². The number of nitro benzene ring substituents is 2. The molecule has 0 amide bonds. The lowest BCUT2D eigenvalue weighted by Gasteiger charge is -2.21. The van der Waals surface area contributed by atoms with E-state index in [4.69, 9.17) is 4.42 Å². The van der Waals surface area contributed by atoms with Crippen molar-refractivity contribution in [2.45, 2.75) is 19.4 Å². The number of rotatable bonds is 6. The topological polar surface area (TPSA) is 132 Å². The first-order valence-electron chi connectivity index (χ1n) is 6.67. The van der Waals surface area contributed by atoms with Crippen LogP contribution in [0.15, 0.2) is 34.7 Å². The SMILES string of the molecule is Cc1ccc(C(C)(O)CNc2ccc([N+](=O)[O-])cc2[N+](=O)[O-])o1. The molecule has 0 fully saturated rings. The summed E-state index contributed by atoms with van der Waals surface area (Å²) >= 11 is 0. The Morgan fingerprint density at radius 1 is 1.22 bits per heavy atom. The quantitative estimate of drug-likeness (QED) is 0.617. The lowest BCUT2D eigenvalue weighted by molar-refractivity contribution is -0.393. The molecule has 1 atom stereocenters. The van der Waals surface area contributed by atoms with Crippen LogP contribution < -0.4 is 5.32 Å². The van der Waals surface area contributed by atoms with Gasteiger partial charge in [-0.2, -0.15) is 0 Å². The first kappa shape index (κ1) is 16.4. The van der Waals surface area contributed by atoms with Crippen molar-refractivity contribution in [1.82, 2.24) is 0 Å². The van der Waals surface area contributed by atoms with Gasteiger partial charge in [-0.15, -0.1) is 0 Å². The molecule has 2 N–H and O–H groups in total. The molecule has 2 aromatic rings. The van der Waals surface area contributed by atoms with Crippen LogP contribution in [0.3, 0.4) is 0 Å². The monoisotopic (exact) mass is 321 g/mol. The van der Waals surface area contributed by atoms with Crippen LogP contribution in [-0.4, -0.2) is 21.5 Å².